The Morgan fingerprint density at radius 1 is 1.00 bits per heavy atom. The van der Waals surface area contributed by atoms with Crippen LogP contribution in [0.2, 0.25) is 0 Å². The third-order valence-corrected chi connectivity index (χ3v) is 6.83. The molecule has 1 heterocycles. The van der Waals surface area contributed by atoms with Crippen LogP contribution in [-0.4, -0.2) is 34.6 Å². The molecule has 0 bridgehead atoms. The minimum atomic E-state index is -3.66. The second kappa shape index (κ2) is 8.69. The molecule has 0 saturated heterocycles. The summed E-state index contributed by atoms with van der Waals surface area (Å²) in [6.07, 6.45) is 0.692. The van der Waals surface area contributed by atoms with Gasteiger partial charge in [0.05, 0.1) is 23.4 Å². The third-order valence-electron chi connectivity index (χ3n) is 5.01. The summed E-state index contributed by atoms with van der Waals surface area (Å²) in [4.78, 5) is 12.4. The van der Waals surface area contributed by atoms with Crippen LogP contribution in [-0.2, 0) is 21.2 Å². The highest BCUT2D eigenvalue weighted by molar-refractivity contribution is 7.92. The maximum atomic E-state index is 13.0. The number of para-hydroxylation sites is 3. The average Bonchev–Trinajstić information content (AvgIpc) is 3.23. The number of hydrogen-bond donors (Lipinski definition) is 1. The molecule has 1 amide bonds. The molecule has 3 aromatic rings. The Morgan fingerprint density at radius 2 is 1.71 bits per heavy atom. The van der Waals surface area contributed by atoms with Crippen LogP contribution in [0.3, 0.4) is 0 Å². The van der Waals surface area contributed by atoms with E-state index in [2.05, 4.69) is 5.32 Å². The summed E-state index contributed by atoms with van der Waals surface area (Å²) in [5.41, 5.74) is 2.29. The number of nitrogens with zero attached hydrogens (tertiary/aromatic N) is 1. The van der Waals surface area contributed by atoms with Gasteiger partial charge < -0.3 is 14.8 Å². The van der Waals surface area contributed by atoms with Gasteiger partial charge in [-0.25, -0.2) is 8.42 Å². The van der Waals surface area contributed by atoms with Crippen molar-refractivity contribution in [2.45, 2.75) is 11.3 Å². The number of carbonyl (C=O) groups is 1. The molecule has 31 heavy (non-hydrogen) atoms. The molecule has 3 aromatic carbocycles. The van der Waals surface area contributed by atoms with Crippen LogP contribution in [0.25, 0.3) is 0 Å². The number of carbonyl (C=O) groups excluding carboxylic acids is 1. The fourth-order valence-electron chi connectivity index (χ4n) is 3.48. The molecule has 0 atom stereocenters. The number of hydrogen-bond acceptors (Lipinski definition) is 5. The molecule has 7 nitrogen and oxygen atoms in total. The number of methoxy groups -OCH3 is 1. The molecule has 160 valence electrons. The van der Waals surface area contributed by atoms with E-state index in [1.165, 1.54) is 23.5 Å². The average molecular weight is 439 g/mol. The smallest absolute Gasteiger partial charge is 0.264 e. The normalized spacial score (nSPS) is 12.9. The first kappa shape index (κ1) is 20.7. The van der Waals surface area contributed by atoms with Crippen LogP contribution in [0.4, 0.5) is 11.4 Å². The zero-order valence-electron chi connectivity index (χ0n) is 16.9. The Morgan fingerprint density at radius 3 is 2.48 bits per heavy atom. The number of nitrogens with one attached hydrogen (secondary N) is 1. The first-order chi connectivity index (χ1) is 15.0. The van der Waals surface area contributed by atoms with Gasteiger partial charge in [-0.1, -0.05) is 30.3 Å². The van der Waals surface area contributed by atoms with Crippen molar-refractivity contribution in [1.82, 2.24) is 0 Å². The number of fused-ring (bicyclic) bond motifs is 1. The van der Waals surface area contributed by atoms with Crippen LogP contribution >= 0.6 is 0 Å². The Hall–Kier alpha value is -3.52. The molecule has 1 aliphatic heterocycles. The maximum Gasteiger partial charge on any atom is 0.264 e. The van der Waals surface area contributed by atoms with Crippen molar-refractivity contribution in [1.29, 1.82) is 0 Å². The van der Waals surface area contributed by atoms with Crippen LogP contribution < -0.4 is 19.1 Å². The summed E-state index contributed by atoms with van der Waals surface area (Å²) in [6.45, 7) is 0.201. The number of benzene rings is 3. The number of sulfonamides is 1. The Bertz CT molecular complexity index is 1190. The molecule has 0 fully saturated rings. The summed E-state index contributed by atoms with van der Waals surface area (Å²) in [7, 11) is -2.14. The van der Waals surface area contributed by atoms with Gasteiger partial charge in [0.2, 0.25) is 0 Å². The van der Waals surface area contributed by atoms with Crippen molar-refractivity contribution in [3.05, 3.63) is 78.4 Å². The summed E-state index contributed by atoms with van der Waals surface area (Å²) in [5, 5.41) is 2.72. The van der Waals surface area contributed by atoms with Crippen LogP contribution in [0.5, 0.6) is 11.5 Å². The predicted octanol–water partition coefficient (Wildman–Crippen LogP) is 3.46. The van der Waals surface area contributed by atoms with Gasteiger partial charge in [-0.3, -0.25) is 9.10 Å². The fourth-order valence-corrected chi connectivity index (χ4v) is 4.98. The van der Waals surface area contributed by atoms with E-state index >= 15 is 0 Å². The van der Waals surface area contributed by atoms with Crippen molar-refractivity contribution in [3.8, 4) is 11.5 Å². The van der Waals surface area contributed by atoms with Gasteiger partial charge in [-0.15, -0.1) is 0 Å². The van der Waals surface area contributed by atoms with Gasteiger partial charge >= 0.3 is 0 Å². The number of amides is 1. The second-order valence-electron chi connectivity index (χ2n) is 6.96. The van der Waals surface area contributed by atoms with Crippen molar-refractivity contribution < 1.29 is 22.7 Å². The first-order valence-electron chi connectivity index (χ1n) is 9.75. The molecular weight excluding hydrogens is 416 g/mol. The molecule has 1 N–H and O–H groups in total. The van der Waals surface area contributed by atoms with Gasteiger partial charge in [-0.2, -0.15) is 0 Å². The monoisotopic (exact) mass is 438 g/mol. The Kier molecular flexibility index (Phi) is 5.81. The standard InChI is InChI=1S/C23H22N2O5S/c1-29-22-9-5-3-7-20(22)24-23(26)16-30-18-10-12-19(13-11-18)31(27,28)25-15-14-17-6-2-4-8-21(17)25/h2-13H,14-16H2,1H3,(H,24,26). The van der Waals surface area contributed by atoms with E-state index in [0.717, 1.165) is 11.3 Å². The lowest BCUT2D eigenvalue weighted by molar-refractivity contribution is -0.118. The van der Waals surface area contributed by atoms with Crippen molar-refractivity contribution in [3.63, 3.8) is 0 Å². The van der Waals surface area contributed by atoms with E-state index in [4.69, 9.17) is 9.47 Å². The number of rotatable bonds is 7. The minimum absolute atomic E-state index is 0.176. The largest absolute Gasteiger partial charge is 0.495 e. The predicted molar refractivity (Wildman–Crippen MR) is 118 cm³/mol. The van der Waals surface area contributed by atoms with Gasteiger partial charge in [0.25, 0.3) is 15.9 Å². The lowest BCUT2D eigenvalue weighted by Gasteiger charge is -2.19. The van der Waals surface area contributed by atoms with E-state index in [9.17, 15) is 13.2 Å². The number of anilines is 2. The van der Waals surface area contributed by atoms with Gasteiger partial charge in [0, 0.05) is 6.54 Å². The quantitative estimate of drug-likeness (QED) is 0.611. The zero-order chi connectivity index (χ0) is 21.8. The van der Waals surface area contributed by atoms with Gasteiger partial charge in [-0.05, 0) is 54.4 Å². The maximum absolute atomic E-state index is 13.0. The highest BCUT2D eigenvalue weighted by Crippen LogP contribution is 2.33. The van der Waals surface area contributed by atoms with E-state index < -0.39 is 10.0 Å². The van der Waals surface area contributed by atoms with E-state index in [1.807, 2.05) is 24.3 Å². The molecule has 1 aliphatic rings. The topological polar surface area (TPSA) is 84.9 Å². The van der Waals surface area contributed by atoms with Gasteiger partial charge in [0.1, 0.15) is 11.5 Å². The molecular formula is C23H22N2O5S. The van der Waals surface area contributed by atoms with Crippen LogP contribution in [0.15, 0.2) is 77.7 Å². The summed E-state index contributed by atoms with van der Waals surface area (Å²) >= 11 is 0. The molecule has 0 aliphatic carbocycles. The molecule has 0 aromatic heterocycles. The van der Waals surface area contributed by atoms with Crippen molar-refractivity contribution >= 4 is 27.3 Å². The number of ether oxygens (including phenoxy) is 2. The first-order valence-corrected chi connectivity index (χ1v) is 11.2. The molecule has 0 radical (unpaired) electrons. The lowest BCUT2D eigenvalue weighted by atomic mass is 10.2. The van der Waals surface area contributed by atoms with E-state index in [-0.39, 0.29) is 17.4 Å². The van der Waals surface area contributed by atoms with Crippen LogP contribution in [0, 0.1) is 0 Å². The molecule has 0 saturated carbocycles. The highest BCUT2D eigenvalue weighted by atomic mass is 32.2. The molecule has 4 rings (SSSR count). The second-order valence-corrected chi connectivity index (χ2v) is 8.83. The molecule has 0 spiro atoms. The van der Waals surface area contributed by atoms with Crippen molar-refractivity contribution in [2.75, 3.05) is 29.9 Å². The SMILES string of the molecule is COc1ccccc1NC(=O)COc1ccc(S(=O)(=O)N2CCc3ccccc32)cc1. The fraction of sp³-hybridized carbons (Fsp3) is 0.174. The highest BCUT2D eigenvalue weighted by Gasteiger charge is 2.30. The summed E-state index contributed by atoms with van der Waals surface area (Å²) < 4.78 is 38.2. The van der Waals surface area contributed by atoms with Gasteiger partial charge in [0.15, 0.2) is 6.61 Å². The van der Waals surface area contributed by atoms with Crippen molar-refractivity contribution in [2.24, 2.45) is 0 Å². The Balaban J connectivity index is 1.40. The van der Waals surface area contributed by atoms with Crippen LogP contribution in [0.1, 0.15) is 5.56 Å². The van der Waals surface area contributed by atoms with E-state index in [0.29, 0.717) is 30.2 Å². The lowest BCUT2D eigenvalue weighted by Crippen LogP contribution is -2.29. The molecule has 0 unspecified atom stereocenters. The van der Waals surface area contributed by atoms with E-state index in [1.54, 1.807) is 36.4 Å². The third kappa shape index (κ3) is 4.34. The summed E-state index contributed by atoms with van der Waals surface area (Å²) in [6, 6.07) is 20.6. The Labute approximate surface area is 181 Å². The summed E-state index contributed by atoms with van der Waals surface area (Å²) in [5.74, 6) is 0.597. The zero-order valence-corrected chi connectivity index (χ0v) is 17.8. The molecule has 8 heteroatoms. The minimum Gasteiger partial charge on any atom is -0.495 e.